The van der Waals surface area contributed by atoms with Gasteiger partial charge < -0.3 is 9.64 Å². The fourth-order valence-electron chi connectivity index (χ4n) is 2.67. The molecule has 0 spiro atoms. The molecule has 2 aromatic rings. The Morgan fingerprint density at radius 2 is 1.78 bits per heavy atom. The lowest BCUT2D eigenvalue weighted by Gasteiger charge is -2.29. The van der Waals surface area contributed by atoms with Gasteiger partial charge in [-0.15, -0.1) is 0 Å². The minimum absolute atomic E-state index is 0.214. The van der Waals surface area contributed by atoms with Crippen LogP contribution in [0.4, 0.5) is 18.9 Å². The zero-order valence-corrected chi connectivity index (χ0v) is 12.4. The largest absolute Gasteiger partial charge is 0.497 e. The molecule has 23 heavy (non-hydrogen) atoms. The lowest BCUT2D eigenvalue weighted by Crippen LogP contribution is -2.37. The molecule has 3 nitrogen and oxygen atoms in total. The van der Waals surface area contributed by atoms with E-state index in [0.717, 1.165) is 17.7 Å². The Kier molecular flexibility index (Phi) is 3.75. The molecule has 1 aliphatic rings. The van der Waals surface area contributed by atoms with E-state index in [1.807, 2.05) is 6.07 Å². The van der Waals surface area contributed by atoms with E-state index in [1.165, 1.54) is 17.0 Å². The average molecular weight is 321 g/mol. The van der Waals surface area contributed by atoms with Crippen molar-refractivity contribution in [1.29, 1.82) is 0 Å². The predicted molar refractivity (Wildman–Crippen MR) is 79.8 cm³/mol. The van der Waals surface area contributed by atoms with Crippen LogP contribution in [-0.4, -0.2) is 19.6 Å². The topological polar surface area (TPSA) is 29.5 Å². The van der Waals surface area contributed by atoms with Crippen LogP contribution in [0.1, 0.15) is 21.5 Å². The van der Waals surface area contributed by atoms with E-state index in [1.54, 1.807) is 19.2 Å². The van der Waals surface area contributed by atoms with Gasteiger partial charge in [-0.2, -0.15) is 13.2 Å². The average Bonchev–Trinajstić information content (AvgIpc) is 2.54. The second kappa shape index (κ2) is 5.61. The summed E-state index contributed by atoms with van der Waals surface area (Å²) in [4.78, 5) is 14.1. The van der Waals surface area contributed by atoms with Gasteiger partial charge in [-0.25, -0.2) is 0 Å². The molecule has 0 aliphatic carbocycles. The number of hydrogen-bond donors (Lipinski definition) is 0. The van der Waals surface area contributed by atoms with Crippen LogP contribution in [0.3, 0.4) is 0 Å². The first-order valence-electron chi connectivity index (χ1n) is 7.06. The van der Waals surface area contributed by atoms with Crippen LogP contribution < -0.4 is 9.64 Å². The van der Waals surface area contributed by atoms with Crippen LogP contribution in [-0.2, 0) is 12.6 Å². The highest BCUT2D eigenvalue weighted by Gasteiger charge is 2.31. The van der Waals surface area contributed by atoms with Crippen LogP contribution in [0.5, 0.6) is 5.75 Å². The lowest BCUT2D eigenvalue weighted by atomic mass is 9.98. The standard InChI is InChI=1S/C17H14F3NO2/c1-23-14-6-7-15-11(10-14)8-9-21(16(15)22)13-4-2-12(3-5-13)17(18,19)20/h2-7,10H,8-9H2,1H3. The normalized spacial score (nSPS) is 14.6. The minimum atomic E-state index is -4.38. The number of benzene rings is 2. The molecule has 0 aromatic heterocycles. The Balaban J connectivity index is 1.89. The number of carbonyl (C=O) groups excluding carboxylic acids is 1. The molecule has 0 saturated carbocycles. The van der Waals surface area contributed by atoms with E-state index >= 15 is 0 Å². The molecule has 6 heteroatoms. The molecule has 0 saturated heterocycles. The number of methoxy groups -OCH3 is 1. The second-order valence-electron chi connectivity index (χ2n) is 5.27. The summed E-state index contributed by atoms with van der Waals surface area (Å²) in [7, 11) is 1.56. The van der Waals surface area contributed by atoms with Crippen molar-refractivity contribution in [2.75, 3.05) is 18.6 Å². The number of amides is 1. The number of fused-ring (bicyclic) bond motifs is 1. The second-order valence-corrected chi connectivity index (χ2v) is 5.27. The van der Waals surface area contributed by atoms with Gasteiger partial charge in [0.15, 0.2) is 0 Å². The number of rotatable bonds is 2. The number of ether oxygens (including phenoxy) is 1. The molecular weight excluding hydrogens is 307 g/mol. The highest BCUT2D eigenvalue weighted by Crippen LogP contribution is 2.32. The molecule has 2 aromatic carbocycles. The van der Waals surface area contributed by atoms with Crippen molar-refractivity contribution in [1.82, 2.24) is 0 Å². The first-order chi connectivity index (χ1) is 10.9. The summed E-state index contributed by atoms with van der Waals surface area (Å²) >= 11 is 0. The van der Waals surface area contributed by atoms with Crippen molar-refractivity contribution < 1.29 is 22.7 Å². The lowest BCUT2D eigenvalue weighted by molar-refractivity contribution is -0.137. The maximum absolute atomic E-state index is 12.6. The fourth-order valence-corrected chi connectivity index (χ4v) is 2.67. The van der Waals surface area contributed by atoms with Crippen molar-refractivity contribution >= 4 is 11.6 Å². The van der Waals surface area contributed by atoms with Crippen LogP contribution in [0.15, 0.2) is 42.5 Å². The first kappa shape index (κ1) is 15.4. The number of alkyl halides is 3. The smallest absolute Gasteiger partial charge is 0.416 e. The quantitative estimate of drug-likeness (QED) is 0.839. The molecule has 0 radical (unpaired) electrons. The van der Waals surface area contributed by atoms with E-state index in [0.29, 0.717) is 30.0 Å². The number of hydrogen-bond acceptors (Lipinski definition) is 2. The molecule has 1 heterocycles. The Labute approximate surface area is 131 Å². The van der Waals surface area contributed by atoms with Gasteiger partial charge in [0.2, 0.25) is 0 Å². The van der Waals surface area contributed by atoms with Crippen molar-refractivity contribution in [3.05, 3.63) is 59.2 Å². The van der Waals surface area contributed by atoms with Crippen molar-refractivity contribution in [3.8, 4) is 5.75 Å². The summed E-state index contributed by atoms with van der Waals surface area (Å²) in [5, 5.41) is 0. The van der Waals surface area contributed by atoms with Gasteiger partial charge in [-0.1, -0.05) is 0 Å². The van der Waals surface area contributed by atoms with Gasteiger partial charge in [-0.3, -0.25) is 4.79 Å². The highest BCUT2D eigenvalue weighted by molar-refractivity contribution is 6.08. The van der Waals surface area contributed by atoms with E-state index in [9.17, 15) is 18.0 Å². The summed E-state index contributed by atoms with van der Waals surface area (Å²) in [5.74, 6) is 0.466. The zero-order chi connectivity index (χ0) is 16.6. The summed E-state index contributed by atoms with van der Waals surface area (Å²) in [6.45, 7) is 0.421. The molecule has 0 fully saturated rings. The number of nitrogens with zero attached hydrogens (tertiary/aromatic N) is 1. The Morgan fingerprint density at radius 1 is 1.09 bits per heavy atom. The molecular formula is C17H14F3NO2. The summed E-state index contributed by atoms with van der Waals surface area (Å²) < 4.78 is 43.0. The van der Waals surface area contributed by atoms with Crippen LogP contribution >= 0.6 is 0 Å². The van der Waals surface area contributed by atoms with Crippen LogP contribution in [0.2, 0.25) is 0 Å². The van der Waals surface area contributed by atoms with Gasteiger partial charge in [0.05, 0.1) is 12.7 Å². The van der Waals surface area contributed by atoms with E-state index in [-0.39, 0.29) is 5.91 Å². The fraction of sp³-hybridized carbons (Fsp3) is 0.235. The van der Waals surface area contributed by atoms with Gasteiger partial charge in [0.25, 0.3) is 5.91 Å². The van der Waals surface area contributed by atoms with E-state index < -0.39 is 11.7 Å². The SMILES string of the molecule is COc1ccc2c(c1)CCN(c1ccc(C(F)(F)F)cc1)C2=O. The van der Waals surface area contributed by atoms with Gasteiger partial charge in [0, 0.05) is 17.8 Å². The predicted octanol–water partition coefficient (Wildman–Crippen LogP) is 3.92. The van der Waals surface area contributed by atoms with E-state index in [2.05, 4.69) is 0 Å². The third-order valence-electron chi connectivity index (χ3n) is 3.90. The molecule has 1 aliphatic heterocycles. The van der Waals surface area contributed by atoms with Crippen molar-refractivity contribution in [2.24, 2.45) is 0 Å². The Bertz CT molecular complexity index is 738. The van der Waals surface area contributed by atoms with Crippen LogP contribution in [0.25, 0.3) is 0 Å². The monoisotopic (exact) mass is 321 g/mol. The molecule has 120 valence electrons. The molecule has 0 N–H and O–H groups in total. The molecule has 0 bridgehead atoms. The van der Waals surface area contributed by atoms with Gasteiger partial charge in [-0.05, 0) is 54.4 Å². The Morgan fingerprint density at radius 3 is 2.39 bits per heavy atom. The third-order valence-corrected chi connectivity index (χ3v) is 3.90. The van der Waals surface area contributed by atoms with Gasteiger partial charge in [0.1, 0.15) is 5.75 Å². The molecule has 0 unspecified atom stereocenters. The van der Waals surface area contributed by atoms with E-state index in [4.69, 9.17) is 4.74 Å². The number of halogens is 3. The third kappa shape index (κ3) is 2.88. The van der Waals surface area contributed by atoms with Gasteiger partial charge >= 0.3 is 6.18 Å². The molecule has 3 rings (SSSR count). The Hall–Kier alpha value is -2.50. The number of anilines is 1. The zero-order valence-electron chi connectivity index (χ0n) is 12.4. The van der Waals surface area contributed by atoms with Crippen LogP contribution in [0, 0.1) is 0 Å². The summed E-state index contributed by atoms with van der Waals surface area (Å²) in [6, 6.07) is 9.85. The summed E-state index contributed by atoms with van der Waals surface area (Å²) in [6.07, 6.45) is -3.76. The number of carbonyl (C=O) groups is 1. The minimum Gasteiger partial charge on any atom is -0.497 e. The highest BCUT2D eigenvalue weighted by atomic mass is 19.4. The van der Waals surface area contributed by atoms with Crippen molar-refractivity contribution in [3.63, 3.8) is 0 Å². The molecule has 0 atom stereocenters. The molecule has 1 amide bonds. The maximum Gasteiger partial charge on any atom is 0.416 e. The summed E-state index contributed by atoms with van der Waals surface area (Å²) in [5.41, 5.74) is 1.18. The maximum atomic E-state index is 12.6. The first-order valence-corrected chi connectivity index (χ1v) is 7.06. The van der Waals surface area contributed by atoms with Crippen molar-refractivity contribution in [2.45, 2.75) is 12.6 Å².